The minimum atomic E-state index is 0.520. The number of likely N-dealkylation sites (N-methyl/N-ethyl adjacent to an activating group) is 1. The van der Waals surface area contributed by atoms with Crippen LogP contribution in [0.15, 0.2) is 18.3 Å². The second-order valence-electron chi connectivity index (χ2n) is 4.46. The Morgan fingerprint density at radius 2 is 2.38 bits per heavy atom. The van der Waals surface area contributed by atoms with Gasteiger partial charge in [0.05, 0.1) is 5.69 Å². The van der Waals surface area contributed by atoms with Crippen molar-refractivity contribution < 1.29 is 0 Å². The third-order valence-corrected chi connectivity index (χ3v) is 3.22. The summed E-state index contributed by atoms with van der Waals surface area (Å²) >= 11 is 0. The fourth-order valence-corrected chi connectivity index (χ4v) is 2.31. The SMILES string of the molecule is CN1CCC(c2cc3nccc(N)n3n2)C1. The summed E-state index contributed by atoms with van der Waals surface area (Å²) in [7, 11) is 2.14. The van der Waals surface area contributed by atoms with Gasteiger partial charge in [0.15, 0.2) is 5.65 Å². The molecular weight excluding hydrogens is 202 g/mol. The number of hydrogen-bond acceptors (Lipinski definition) is 4. The molecule has 0 aromatic carbocycles. The quantitative estimate of drug-likeness (QED) is 0.765. The monoisotopic (exact) mass is 217 g/mol. The van der Waals surface area contributed by atoms with Crippen molar-refractivity contribution in [1.82, 2.24) is 19.5 Å². The molecule has 1 saturated heterocycles. The predicted octanol–water partition coefficient (Wildman–Crippen LogP) is 0.731. The second kappa shape index (κ2) is 3.45. The fourth-order valence-electron chi connectivity index (χ4n) is 2.31. The van der Waals surface area contributed by atoms with E-state index in [2.05, 4.69) is 22.0 Å². The van der Waals surface area contributed by atoms with E-state index >= 15 is 0 Å². The van der Waals surface area contributed by atoms with E-state index in [1.54, 1.807) is 16.8 Å². The number of nitrogens with zero attached hydrogens (tertiary/aromatic N) is 4. The molecule has 1 aliphatic heterocycles. The molecule has 0 spiro atoms. The lowest BCUT2D eigenvalue weighted by molar-refractivity contribution is 0.410. The number of nitrogen functional groups attached to an aromatic ring is 1. The van der Waals surface area contributed by atoms with Crippen molar-refractivity contribution >= 4 is 11.5 Å². The van der Waals surface area contributed by atoms with Crippen LogP contribution in [0.4, 0.5) is 5.82 Å². The topological polar surface area (TPSA) is 59.5 Å². The van der Waals surface area contributed by atoms with Crippen molar-refractivity contribution in [2.75, 3.05) is 25.9 Å². The zero-order valence-electron chi connectivity index (χ0n) is 9.30. The molecule has 2 aromatic heterocycles. The number of anilines is 1. The average Bonchev–Trinajstić information content (AvgIpc) is 2.84. The van der Waals surface area contributed by atoms with Gasteiger partial charge in [-0.2, -0.15) is 9.61 Å². The Morgan fingerprint density at radius 3 is 3.06 bits per heavy atom. The van der Waals surface area contributed by atoms with Crippen LogP contribution in [0, 0.1) is 0 Å². The summed E-state index contributed by atoms with van der Waals surface area (Å²) in [6.45, 7) is 2.21. The first-order valence-electron chi connectivity index (χ1n) is 5.53. The van der Waals surface area contributed by atoms with Crippen molar-refractivity contribution in [2.45, 2.75) is 12.3 Å². The Kier molecular flexibility index (Phi) is 2.07. The molecule has 0 radical (unpaired) electrons. The third kappa shape index (κ3) is 1.44. The first-order chi connectivity index (χ1) is 7.74. The van der Waals surface area contributed by atoms with Gasteiger partial charge in [0.2, 0.25) is 0 Å². The average molecular weight is 217 g/mol. The van der Waals surface area contributed by atoms with Gasteiger partial charge in [-0.15, -0.1) is 0 Å². The van der Waals surface area contributed by atoms with Gasteiger partial charge in [-0.05, 0) is 26.1 Å². The first kappa shape index (κ1) is 9.59. The lowest BCUT2D eigenvalue weighted by Crippen LogP contribution is -2.13. The van der Waals surface area contributed by atoms with E-state index in [1.807, 2.05) is 6.07 Å². The number of rotatable bonds is 1. The number of aromatic nitrogens is 3. The van der Waals surface area contributed by atoms with Crippen LogP contribution >= 0.6 is 0 Å². The summed E-state index contributed by atoms with van der Waals surface area (Å²) in [6.07, 6.45) is 2.89. The highest BCUT2D eigenvalue weighted by atomic mass is 15.3. The predicted molar refractivity (Wildman–Crippen MR) is 62.3 cm³/mol. The highest BCUT2D eigenvalue weighted by molar-refractivity contribution is 5.46. The van der Waals surface area contributed by atoms with Gasteiger partial charge in [-0.25, -0.2) is 4.98 Å². The van der Waals surface area contributed by atoms with Crippen LogP contribution in [0.1, 0.15) is 18.0 Å². The largest absolute Gasteiger partial charge is 0.384 e. The molecule has 1 fully saturated rings. The highest BCUT2D eigenvalue weighted by Crippen LogP contribution is 2.26. The lowest BCUT2D eigenvalue weighted by Gasteiger charge is -2.06. The first-order valence-corrected chi connectivity index (χ1v) is 5.53. The van der Waals surface area contributed by atoms with Crippen LogP contribution in [0.3, 0.4) is 0 Å². The van der Waals surface area contributed by atoms with Crippen LogP contribution in [0.25, 0.3) is 5.65 Å². The van der Waals surface area contributed by atoms with Crippen molar-refractivity contribution in [3.05, 3.63) is 24.0 Å². The van der Waals surface area contributed by atoms with Crippen LogP contribution in [0.2, 0.25) is 0 Å². The molecule has 0 aliphatic carbocycles. The molecule has 0 amide bonds. The minimum absolute atomic E-state index is 0.520. The summed E-state index contributed by atoms with van der Waals surface area (Å²) in [5.74, 6) is 1.16. The van der Waals surface area contributed by atoms with Crippen LogP contribution < -0.4 is 5.73 Å². The van der Waals surface area contributed by atoms with Crippen molar-refractivity contribution in [1.29, 1.82) is 0 Å². The van der Waals surface area contributed by atoms with Crippen molar-refractivity contribution in [2.24, 2.45) is 0 Å². The summed E-state index contributed by atoms with van der Waals surface area (Å²) in [6, 6.07) is 3.81. The molecule has 0 bridgehead atoms. The lowest BCUT2D eigenvalue weighted by atomic mass is 10.1. The minimum Gasteiger partial charge on any atom is -0.384 e. The van der Waals surface area contributed by atoms with E-state index in [-0.39, 0.29) is 0 Å². The maximum Gasteiger partial charge on any atom is 0.157 e. The second-order valence-corrected chi connectivity index (χ2v) is 4.46. The Bertz CT molecular complexity index is 518. The normalized spacial score (nSPS) is 21.9. The van der Waals surface area contributed by atoms with E-state index < -0.39 is 0 Å². The Balaban J connectivity index is 2.02. The molecule has 3 rings (SSSR count). The van der Waals surface area contributed by atoms with Crippen molar-refractivity contribution in [3.8, 4) is 0 Å². The fraction of sp³-hybridized carbons (Fsp3) is 0.455. The third-order valence-electron chi connectivity index (χ3n) is 3.22. The summed E-state index contributed by atoms with van der Waals surface area (Å²) in [5.41, 5.74) is 7.79. The summed E-state index contributed by atoms with van der Waals surface area (Å²) in [4.78, 5) is 6.58. The highest BCUT2D eigenvalue weighted by Gasteiger charge is 2.23. The van der Waals surface area contributed by atoms with Crippen LogP contribution in [-0.4, -0.2) is 39.6 Å². The van der Waals surface area contributed by atoms with E-state index in [4.69, 9.17) is 5.73 Å². The Labute approximate surface area is 93.9 Å². The van der Waals surface area contributed by atoms with E-state index in [1.165, 1.54) is 6.42 Å². The molecule has 5 nitrogen and oxygen atoms in total. The Hall–Kier alpha value is -1.62. The van der Waals surface area contributed by atoms with Gasteiger partial charge in [-0.3, -0.25) is 0 Å². The van der Waals surface area contributed by atoms with Gasteiger partial charge in [-0.1, -0.05) is 0 Å². The number of fused-ring (bicyclic) bond motifs is 1. The van der Waals surface area contributed by atoms with E-state index in [9.17, 15) is 0 Å². The number of nitrogens with two attached hydrogens (primary N) is 1. The smallest absolute Gasteiger partial charge is 0.157 e. The van der Waals surface area contributed by atoms with Gasteiger partial charge >= 0.3 is 0 Å². The molecule has 1 atom stereocenters. The molecule has 1 aliphatic rings. The summed E-state index contributed by atoms with van der Waals surface area (Å²) < 4.78 is 1.72. The molecule has 16 heavy (non-hydrogen) atoms. The maximum absolute atomic E-state index is 5.85. The molecule has 3 heterocycles. The standard InChI is InChI=1S/C11H15N5/c1-15-5-3-8(7-15)9-6-11-13-4-2-10(12)16(11)14-9/h2,4,6,8H,3,5,7,12H2,1H3. The molecule has 5 heteroatoms. The van der Waals surface area contributed by atoms with Gasteiger partial charge in [0.1, 0.15) is 5.82 Å². The van der Waals surface area contributed by atoms with Gasteiger partial charge < -0.3 is 10.6 Å². The van der Waals surface area contributed by atoms with Gasteiger partial charge in [0.25, 0.3) is 0 Å². The van der Waals surface area contributed by atoms with Crippen molar-refractivity contribution in [3.63, 3.8) is 0 Å². The molecule has 2 aromatic rings. The molecule has 1 unspecified atom stereocenters. The zero-order valence-corrected chi connectivity index (χ0v) is 9.30. The van der Waals surface area contributed by atoms with Gasteiger partial charge in [0, 0.05) is 24.7 Å². The number of likely N-dealkylation sites (tertiary alicyclic amines) is 1. The maximum atomic E-state index is 5.85. The molecule has 2 N–H and O–H groups in total. The zero-order chi connectivity index (χ0) is 11.1. The van der Waals surface area contributed by atoms with Crippen LogP contribution in [-0.2, 0) is 0 Å². The molecule has 84 valence electrons. The van der Waals surface area contributed by atoms with E-state index in [0.29, 0.717) is 11.7 Å². The number of hydrogen-bond donors (Lipinski definition) is 1. The Morgan fingerprint density at radius 1 is 1.50 bits per heavy atom. The molecular formula is C11H15N5. The van der Waals surface area contributed by atoms with E-state index in [0.717, 1.165) is 24.4 Å². The van der Waals surface area contributed by atoms with Crippen LogP contribution in [0.5, 0.6) is 0 Å². The molecule has 0 saturated carbocycles. The summed E-state index contributed by atoms with van der Waals surface area (Å²) in [5, 5.41) is 4.53.